The van der Waals surface area contributed by atoms with Crippen LogP contribution in [0.3, 0.4) is 0 Å². The second kappa shape index (κ2) is 6.67. The molecule has 0 fully saturated rings. The van der Waals surface area contributed by atoms with Crippen LogP contribution in [0.4, 0.5) is 10.1 Å². The Hall–Kier alpha value is -1.69. The van der Waals surface area contributed by atoms with Crippen LogP contribution in [0.15, 0.2) is 41.5 Å². The molecule has 24 heavy (non-hydrogen) atoms. The van der Waals surface area contributed by atoms with E-state index in [1.54, 1.807) is 35.5 Å². The summed E-state index contributed by atoms with van der Waals surface area (Å²) in [6.07, 6.45) is 0. The lowest BCUT2D eigenvalue weighted by Crippen LogP contribution is -2.29. The van der Waals surface area contributed by atoms with E-state index in [0.29, 0.717) is 21.3 Å². The van der Waals surface area contributed by atoms with Gasteiger partial charge >= 0.3 is 0 Å². The molecule has 1 N–H and O–H groups in total. The lowest BCUT2D eigenvalue weighted by molar-refractivity contribution is -0.112. The topological polar surface area (TPSA) is 40.5 Å². The summed E-state index contributed by atoms with van der Waals surface area (Å²) < 4.78 is 15.8. The largest absolute Gasteiger partial charge is 0.500 e. The lowest BCUT2D eigenvalue weighted by Gasteiger charge is -2.28. The number of Topliss-reactive ketones (excluding diaryl/α,β-unsaturated/α-hetero) is 1. The van der Waals surface area contributed by atoms with Crippen molar-refractivity contribution < 1.29 is 14.3 Å². The first-order valence-electron chi connectivity index (χ1n) is 7.00. The standard InChI is InChI=1S/C17H12Cl2FNO2S/c1-9-6-14(20)12(7-13(9)19)16-15(22)8-21(24-17(16)23)11-4-2-10(18)3-5-11/h2-7,23H,8H2,1H3. The Labute approximate surface area is 152 Å². The van der Waals surface area contributed by atoms with E-state index in [0.717, 1.165) is 11.9 Å². The Bertz CT molecular complexity index is 852. The molecule has 1 aliphatic rings. The van der Waals surface area contributed by atoms with Gasteiger partial charge in [-0.1, -0.05) is 23.2 Å². The minimum Gasteiger partial charge on any atom is -0.500 e. The molecule has 3 nitrogen and oxygen atoms in total. The molecule has 0 saturated carbocycles. The Morgan fingerprint density at radius 1 is 1.21 bits per heavy atom. The lowest BCUT2D eigenvalue weighted by atomic mass is 10.0. The highest BCUT2D eigenvalue weighted by Gasteiger charge is 2.30. The number of anilines is 1. The zero-order chi connectivity index (χ0) is 17.4. The molecule has 0 radical (unpaired) electrons. The van der Waals surface area contributed by atoms with E-state index >= 15 is 0 Å². The van der Waals surface area contributed by atoms with Gasteiger partial charge in [0.05, 0.1) is 12.1 Å². The highest BCUT2D eigenvalue weighted by atomic mass is 35.5. The maximum Gasteiger partial charge on any atom is 0.188 e. The predicted molar refractivity (Wildman–Crippen MR) is 97.1 cm³/mol. The molecule has 0 aliphatic carbocycles. The summed E-state index contributed by atoms with van der Waals surface area (Å²) in [7, 11) is 0. The van der Waals surface area contributed by atoms with E-state index in [2.05, 4.69) is 0 Å². The molecule has 3 rings (SSSR count). The van der Waals surface area contributed by atoms with Gasteiger partial charge in [-0.15, -0.1) is 0 Å². The van der Waals surface area contributed by atoms with Crippen LogP contribution in [0.25, 0.3) is 5.57 Å². The highest BCUT2D eigenvalue weighted by molar-refractivity contribution is 8.04. The van der Waals surface area contributed by atoms with Gasteiger partial charge in [0, 0.05) is 33.2 Å². The maximum atomic E-state index is 14.2. The van der Waals surface area contributed by atoms with E-state index in [1.165, 1.54) is 12.1 Å². The smallest absolute Gasteiger partial charge is 0.188 e. The van der Waals surface area contributed by atoms with Crippen molar-refractivity contribution in [1.82, 2.24) is 0 Å². The van der Waals surface area contributed by atoms with Crippen molar-refractivity contribution in [3.8, 4) is 0 Å². The Morgan fingerprint density at radius 2 is 1.88 bits per heavy atom. The van der Waals surface area contributed by atoms with Crippen LogP contribution < -0.4 is 4.31 Å². The number of aliphatic hydroxyl groups excluding tert-OH is 1. The fourth-order valence-electron chi connectivity index (χ4n) is 2.37. The van der Waals surface area contributed by atoms with Gasteiger partial charge in [0.1, 0.15) is 5.82 Å². The third-order valence-corrected chi connectivity index (χ3v) is 5.21. The van der Waals surface area contributed by atoms with Gasteiger partial charge < -0.3 is 9.41 Å². The van der Waals surface area contributed by atoms with Crippen molar-refractivity contribution in [2.75, 3.05) is 10.8 Å². The zero-order valence-electron chi connectivity index (χ0n) is 12.5. The molecule has 0 unspecified atom stereocenters. The number of ketones is 1. The first-order valence-corrected chi connectivity index (χ1v) is 8.53. The van der Waals surface area contributed by atoms with E-state index < -0.39 is 5.82 Å². The Kier molecular flexibility index (Phi) is 4.76. The first kappa shape index (κ1) is 17.1. The molecule has 2 aromatic carbocycles. The quantitative estimate of drug-likeness (QED) is 0.704. The molecule has 1 aliphatic heterocycles. The average molecular weight is 384 g/mol. The number of hydrogen-bond acceptors (Lipinski definition) is 4. The SMILES string of the molecule is Cc1cc(F)c(C2=C(O)SN(c3ccc(Cl)cc3)CC2=O)cc1Cl. The number of carbonyl (C=O) groups is 1. The number of hydrogen-bond donors (Lipinski definition) is 1. The minimum absolute atomic E-state index is 0.00335. The van der Waals surface area contributed by atoms with Crippen LogP contribution in [-0.4, -0.2) is 17.4 Å². The number of benzene rings is 2. The summed E-state index contributed by atoms with van der Waals surface area (Å²) in [5, 5.41) is 11.0. The summed E-state index contributed by atoms with van der Waals surface area (Å²) in [5.41, 5.74) is 1.24. The Balaban J connectivity index is 1.99. The minimum atomic E-state index is -0.590. The third-order valence-electron chi connectivity index (χ3n) is 3.61. The van der Waals surface area contributed by atoms with Crippen molar-refractivity contribution >= 4 is 52.2 Å². The van der Waals surface area contributed by atoms with E-state index in [-0.39, 0.29) is 28.6 Å². The fourth-order valence-corrected chi connectivity index (χ4v) is 3.59. The van der Waals surface area contributed by atoms with Gasteiger partial charge in [0.15, 0.2) is 10.9 Å². The van der Waals surface area contributed by atoms with Gasteiger partial charge in [-0.3, -0.25) is 4.79 Å². The molecule has 2 aromatic rings. The number of halogens is 3. The maximum absolute atomic E-state index is 14.2. The van der Waals surface area contributed by atoms with E-state index in [1.807, 2.05) is 0 Å². The monoisotopic (exact) mass is 383 g/mol. The molecule has 0 amide bonds. The third kappa shape index (κ3) is 3.24. The summed E-state index contributed by atoms with van der Waals surface area (Å²) in [6, 6.07) is 9.49. The number of rotatable bonds is 2. The molecule has 7 heteroatoms. The van der Waals surface area contributed by atoms with Crippen molar-refractivity contribution in [2.24, 2.45) is 0 Å². The number of nitrogens with zero attached hydrogens (tertiary/aromatic N) is 1. The van der Waals surface area contributed by atoms with Crippen LogP contribution in [0, 0.1) is 12.7 Å². The van der Waals surface area contributed by atoms with E-state index in [9.17, 15) is 14.3 Å². The number of aryl methyl sites for hydroxylation is 1. The van der Waals surface area contributed by atoms with Crippen molar-refractivity contribution in [3.05, 3.63) is 68.5 Å². The van der Waals surface area contributed by atoms with Gasteiger partial charge in [-0.2, -0.15) is 0 Å². The predicted octanol–water partition coefficient (Wildman–Crippen LogP) is 5.41. The second-order valence-electron chi connectivity index (χ2n) is 5.29. The zero-order valence-corrected chi connectivity index (χ0v) is 14.8. The van der Waals surface area contributed by atoms with Crippen LogP contribution >= 0.6 is 35.1 Å². The van der Waals surface area contributed by atoms with Gasteiger partial charge in [0.25, 0.3) is 0 Å². The molecule has 1 heterocycles. The molecular formula is C17H12Cl2FNO2S. The second-order valence-corrected chi connectivity index (χ2v) is 7.14. The molecule has 124 valence electrons. The molecule has 0 saturated heterocycles. The van der Waals surface area contributed by atoms with Crippen molar-refractivity contribution in [1.29, 1.82) is 0 Å². The van der Waals surface area contributed by atoms with Crippen molar-refractivity contribution in [3.63, 3.8) is 0 Å². The van der Waals surface area contributed by atoms with Crippen LogP contribution in [0.5, 0.6) is 0 Å². The van der Waals surface area contributed by atoms with Gasteiger partial charge in [0.2, 0.25) is 0 Å². The number of aliphatic hydroxyl groups is 1. The van der Waals surface area contributed by atoms with Gasteiger partial charge in [-0.05, 0) is 48.9 Å². The highest BCUT2D eigenvalue weighted by Crippen LogP contribution is 2.38. The molecule has 0 atom stereocenters. The van der Waals surface area contributed by atoms with Crippen LogP contribution in [0.1, 0.15) is 11.1 Å². The summed E-state index contributed by atoms with van der Waals surface area (Å²) in [6.45, 7) is 1.67. The fraction of sp³-hybridized carbons (Fsp3) is 0.118. The molecular weight excluding hydrogens is 372 g/mol. The summed E-state index contributed by atoms with van der Waals surface area (Å²) >= 11 is 12.8. The van der Waals surface area contributed by atoms with E-state index in [4.69, 9.17) is 23.2 Å². The first-order chi connectivity index (χ1) is 11.4. The molecule has 0 spiro atoms. The summed E-state index contributed by atoms with van der Waals surface area (Å²) in [4.78, 5) is 12.5. The number of carbonyl (C=O) groups excluding carboxylic acids is 1. The Morgan fingerprint density at radius 3 is 2.50 bits per heavy atom. The molecule has 0 aromatic heterocycles. The average Bonchev–Trinajstić information content (AvgIpc) is 2.52. The van der Waals surface area contributed by atoms with Crippen molar-refractivity contribution in [2.45, 2.75) is 6.92 Å². The van der Waals surface area contributed by atoms with Crippen LogP contribution in [-0.2, 0) is 4.79 Å². The van der Waals surface area contributed by atoms with Crippen LogP contribution in [0.2, 0.25) is 10.0 Å². The van der Waals surface area contributed by atoms with Gasteiger partial charge in [-0.25, -0.2) is 4.39 Å². The summed E-state index contributed by atoms with van der Waals surface area (Å²) in [5.74, 6) is -0.979. The molecule has 0 bridgehead atoms. The normalized spacial score (nSPS) is 15.2.